The zero-order valence-electron chi connectivity index (χ0n) is 9.31. The van der Waals surface area contributed by atoms with Crippen molar-refractivity contribution in [3.8, 4) is 0 Å². The standard InChI is InChI=1S/C11H10O4S2/c1-14-10(12)6-3-4-8-7(5-16-17-8)9(6)11(13)15-2/h3-4H,5H2,1-2H3. The zero-order chi connectivity index (χ0) is 12.4. The van der Waals surface area contributed by atoms with Crippen molar-refractivity contribution in [1.29, 1.82) is 0 Å². The number of hydrogen-bond acceptors (Lipinski definition) is 6. The van der Waals surface area contributed by atoms with Gasteiger partial charge in [0.1, 0.15) is 0 Å². The molecule has 0 saturated carbocycles. The minimum Gasteiger partial charge on any atom is -0.465 e. The highest BCUT2D eigenvalue weighted by Crippen LogP contribution is 2.46. The van der Waals surface area contributed by atoms with Crippen LogP contribution in [0.15, 0.2) is 17.0 Å². The molecule has 4 nitrogen and oxygen atoms in total. The van der Waals surface area contributed by atoms with Gasteiger partial charge in [-0.3, -0.25) is 0 Å². The summed E-state index contributed by atoms with van der Waals surface area (Å²) in [5, 5.41) is 0. The molecule has 1 aliphatic heterocycles. The summed E-state index contributed by atoms with van der Waals surface area (Å²) >= 11 is 0. The van der Waals surface area contributed by atoms with Crippen LogP contribution in [0.25, 0.3) is 0 Å². The summed E-state index contributed by atoms with van der Waals surface area (Å²) in [5.41, 5.74) is 1.45. The Balaban J connectivity index is 2.60. The fourth-order valence-electron chi connectivity index (χ4n) is 1.62. The Morgan fingerprint density at radius 3 is 2.53 bits per heavy atom. The quantitative estimate of drug-likeness (QED) is 0.608. The van der Waals surface area contributed by atoms with Crippen molar-refractivity contribution in [1.82, 2.24) is 0 Å². The first-order valence-electron chi connectivity index (χ1n) is 4.81. The number of methoxy groups -OCH3 is 2. The molecular formula is C11H10O4S2. The molecular weight excluding hydrogens is 260 g/mol. The Hall–Kier alpha value is -1.14. The number of esters is 2. The summed E-state index contributed by atoms with van der Waals surface area (Å²) in [7, 11) is 5.82. The van der Waals surface area contributed by atoms with Gasteiger partial charge >= 0.3 is 11.9 Å². The van der Waals surface area contributed by atoms with E-state index >= 15 is 0 Å². The highest BCUT2D eigenvalue weighted by atomic mass is 33.1. The van der Waals surface area contributed by atoms with E-state index in [1.54, 1.807) is 27.7 Å². The molecule has 0 atom stereocenters. The average Bonchev–Trinajstić information content (AvgIpc) is 2.83. The van der Waals surface area contributed by atoms with Crippen molar-refractivity contribution < 1.29 is 19.1 Å². The molecule has 0 amide bonds. The Kier molecular flexibility index (Phi) is 3.63. The lowest BCUT2D eigenvalue weighted by Gasteiger charge is -2.10. The van der Waals surface area contributed by atoms with Crippen molar-refractivity contribution in [2.45, 2.75) is 10.6 Å². The molecule has 6 heteroatoms. The normalized spacial score (nSPS) is 13.1. The lowest BCUT2D eigenvalue weighted by atomic mass is 10.0. The van der Waals surface area contributed by atoms with E-state index in [4.69, 9.17) is 4.74 Å². The summed E-state index contributed by atoms with van der Waals surface area (Å²) in [6.07, 6.45) is 0. The molecule has 0 fully saturated rings. The van der Waals surface area contributed by atoms with E-state index in [0.29, 0.717) is 11.3 Å². The smallest absolute Gasteiger partial charge is 0.339 e. The van der Waals surface area contributed by atoms with Crippen LogP contribution in [0.1, 0.15) is 26.3 Å². The van der Waals surface area contributed by atoms with Gasteiger partial charge in [-0.05, 0) is 17.7 Å². The molecule has 0 aliphatic carbocycles. The van der Waals surface area contributed by atoms with Gasteiger partial charge in [-0.25, -0.2) is 9.59 Å². The third-order valence-electron chi connectivity index (χ3n) is 2.42. The summed E-state index contributed by atoms with van der Waals surface area (Å²) in [6.45, 7) is 0. The highest BCUT2D eigenvalue weighted by molar-refractivity contribution is 8.76. The van der Waals surface area contributed by atoms with Crippen LogP contribution in [-0.4, -0.2) is 26.2 Å². The number of ether oxygens (including phenoxy) is 2. The molecule has 2 rings (SSSR count). The maximum absolute atomic E-state index is 11.8. The predicted molar refractivity (Wildman–Crippen MR) is 66.3 cm³/mol. The molecule has 0 bridgehead atoms. The van der Waals surface area contributed by atoms with E-state index in [0.717, 1.165) is 10.5 Å². The van der Waals surface area contributed by atoms with Gasteiger partial charge in [-0.15, -0.1) is 0 Å². The summed E-state index contributed by atoms with van der Waals surface area (Å²) < 4.78 is 9.40. The lowest BCUT2D eigenvalue weighted by Crippen LogP contribution is -2.14. The molecule has 1 aromatic rings. The van der Waals surface area contributed by atoms with Crippen LogP contribution < -0.4 is 0 Å². The lowest BCUT2D eigenvalue weighted by molar-refractivity contribution is 0.0554. The van der Waals surface area contributed by atoms with E-state index < -0.39 is 11.9 Å². The largest absolute Gasteiger partial charge is 0.465 e. The van der Waals surface area contributed by atoms with Crippen LogP contribution in [0.4, 0.5) is 0 Å². The highest BCUT2D eigenvalue weighted by Gasteiger charge is 2.27. The second kappa shape index (κ2) is 5.01. The van der Waals surface area contributed by atoms with Gasteiger partial charge in [0.25, 0.3) is 0 Å². The van der Waals surface area contributed by atoms with Crippen molar-refractivity contribution in [3.05, 3.63) is 28.8 Å². The van der Waals surface area contributed by atoms with E-state index in [-0.39, 0.29) is 5.56 Å². The van der Waals surface area contributed by atoms with Crippen LogP contribution in [0.2, 0.25) is 0 Å². The molecule has 0 radical (unpaired) electrons. The molecule has 90 valence electrons. The third-order valence-corrected chi connectivity index (χ3v) is 4.75. The van der Waals surface area contributed by atoms with Gasteiger partial charge < -0.3 is 9.47 Å². The SMILES string of the molecule is COC(=O)c1ccc2c(c1C(=O)OC)CSS2. The van der Waals surface area contributed by atoms with Crippen LogP contribution in [-0.2, 0) is 15.2 Å². The fourth-order valence-corrected chi connectivity index (χ4v) is 4.09. The molecule has 0 unspecified atom stereocenters. The van der Waals surface area contributed by atoms with Gasteiger partial charge in [-0.2, -0.15) is 0 Å². The van der Waals surface area contributed by atoms with Crippen molar-refractivity contribution in [2.75, 3.05) is 14.2 Å². The summed E-state index contributed by atoms with van der Waals surface area (Å²) in [4.78, 5) is 24.4. The third kappa shape index (κ3) is 2.14. The van der Waals surface area contributed by atoms with Gasteiger partial charge in [0, 0.05) is 10.6 Å². The second-order valence-electron chi connectivity index (χ2n) is 3.29. The van der Waals surface area contributed by atoms with Crippen LogP contribution in [0.5, 0.6) is 0 Å². The first-order valence-corrected chi connectivity index (χ1v) is 7.13. The zero-order valence-corrected chi connectivity index (χ0v) is 10.9. The molecule has 0 N–H and O–H groups in total. The van der Waals surface area contributed by atoms with Gasteiger partial charge in [0.2, 0.25) is 0 Å². The van der Waals surface area contributed by atoms with Crippen molar-refractivity contribution >= 4 is 33.5 Å². The molecule has 1 heterocycles. The maximum Gasteiger partial charge on any atom is 0.339 e. The van der Waals surface area contributed by atoms with Crippen LogP contribution in [0.3, 0.4) is 0 Å². The fraction of sp³-hybridized carbons (Fsp3) is 0.273. The number of fused-ring (bicyclic) bond motifs is 1. The van der Waals surface area contributed by atoms with E-state index in [1.165, 1.54) is 14.2 Å². The molecule has 0 saturated heterocycles. The number of carbonyl (C=O) groups is 2. The Labute approximate surface area is 106 Å². The second-order valence-corrected chi connectivity index (χ2v) is 5.63. The monoisotopic (exact) mass is 270 g/mol. The minimum atomic E-state index is -0.518. The van der Waals surface area contributed by atoms with Crippen LogP contribution >= 0.6 is 21.6 Å². The minimum absolute atomic E-state index is 0.265. The molecule has 0 aromatic heterocycles. The predicted octanol–water partition coefficient (Wildman–Crippen LogP) is 2.51. The first-order chi connectivity index (χ1) is 8.19. The number of benzene rings is 1. The first kappa shape index (κ1) is 12.3. The van der Waals surface area contributed by atoms with Crippen molar-refractivity contribution in [2.24, 2.45) is 0 Å². The van der Waals surface area contributed by atoms with Crippen molar-refractivity contribution in [3.63, 3.8) is 0 Å². The van der Waals surface area contributed by atoms with Crippen LogP contribution in [0, 0.1) is 0 Å². The average molecular weight is 270 g/mol. The van der Waals surface area contributed by atoms with Gasteiger partial charge in [0.05, 0.1) is 25.3 Å². The van der Waals surface area contributed by atoms with E-state index in [1.807, 2.05) is 6.07 Å². The summed E-state index contributed by atoms with van der Waals surface area (Å²) in [6, 6.07) is 3.44. The van der Waals surface area contributed by atoms with E-state index in [9.17, 15) is 9.59 Å². The Bertz CT molecular complexity index is 485. The molecule has 1 aliphatic rings. The topological polar surface area (TPSA) is 52.6 Å². The van der Waals surface area contributed by atoms with Gasteiger partial charge in [-0.1, -0.05) is 21.6 Å². The summed E-state index contributed by atoms with van der Waals surface area (Å²) in [5.74, 6) is -0.324. The van der Waals surface area contributed by atoms with Gasteiger partial charge in [0.15, 0.2) is 0 Å². The van der Waals surface area contributed by atoms with E-state index in [2.05, 4.69) is 4.74 Å². The Morgan fingerprint density at radius 1 is 1.18 bits per heavy atom. The molecule has 17 heavy (non-hydrogen) atoms. The Morgan fingerprint density at radius 2 is 1.88 bits per heavy atom. The molecule has 1 aromatic carbocycles. The molecule has 0 spiro atoms. The number of hydrogen-bond donors (Lipinski definition) is 0. The maximum atomic E-state index is 11.8. The number of carbonyl (C=O) groups excluding carboxylic acids is 2. The number of rotatable bonds is 2.